The monoisotopic (exact) mass is 179 g/mol. The molecule has 12 heavy (non-hydrogen) atoms. The Morgan fingerprint density at radius 2 is 2.08 bits per heavy atom. The predicted octanol–water partition coefficient (Wildman–Crippen LogP) is 0.984. The van der Waals surface area contributed by atoms with E-state index in [4.69, 9.17) is 0 Å². The van der Waals surface area contributed by atoms with Gasteiger partial charge in [-0.3, -0.25) is 5.32 Å². The first-order chi connectivity index (χ1) is 5.95. The Kier molecular flexibility index (Phi) is 2.44. The molecule has 3 heteroatoms. The maximum absolute atomic E-state index is 4.48. The second-order valence-corrected chi connectivity index (χ2v) is 3.74. The summed E-state index contributed by atoms with van der Waals surface area (Å²) in [5.41, 5.74) is 1.05. The van der Waals surface area contributed by atoms with Crippen molar-refractivity contribution < 1.29 is 5.32 Å². The predicted molar refractivity (Wildman–Crippen MR) is 52.8 cm³/mol. The van der Waals surface area contributed by atoms with Crippen LogP contribution in [0.15, 0.2) is 35.3 Å². The van der Waals surface area contributed by atoms with Crippen LogP contribution in [-0.4, -0.2) is 17.5 Å². The van der Waals surface area contributed by atoms with E-state index in [1.807, 2.05) is 42.1 Å². The van der Waals surface area contributed by atoms with Crippen LogP contribution < -0.4 is 5.32 Å². The van der Waals surface area contributed by atoms with Crippen LogP contribution in [0.5, 0.6) is 0 Å². The summed E-state index contributed by atoms with van der Waals surface area (Å²) >= 11 is 1.83. The molecule has 0 aromatic heterocycles. The highest BCUT2D eigenvalue weighted by Crippen LogP contribution is 2.12. The van der Waals surface area contributed by atoms with E-state index in [0.717, 1.165) is 12.2 Å². The van der Waals surface area contributed by atoms with Crippen molar-refractivity contribution >= 4 is 22.6 Å². The van der Waals surface area contributed by atoms with Crippen molar-refractivity contribution in [2.24, 2.45) is 4.99 Å². The fourth-order valence-electron chi connectivity index (χ4n) is 1.11. The van der Waals surface area contributed by atoms with E-state index in [-0.39, 0.29) is 0 Å². The van der Waals surface area contributed by atoms with Gasteiger partial charge in [-0.1, -0.05) is 18.2 Å². The van der Waals surface area contributed by atoms with E-state index in [1.165, 1.54) is 10.9 Å². The van der Waals surface area contributed by atoms with Gasteiger partial charge in [0.05, 0.1) is 18.0 Å². The molecule has 0 saturated carbocycles. The lowest BCUT2D eigenvalue weighted by molar-refractivity contribution is -0.524. The largest absolute Gasteiger partial charge is 0.291 e. The number of hydrogen-bond acceptors (Lipinski definition) is 2. The molecule has 0 unspecified atom stereocenters. The molecule has 1 aromatic rings. The van der Waals surface area contributed by atoms with Crippen molar-refractivity contribution in [3.8, 4) is 0 Å². The van der Waals surface area contributed by atoms with E-state index in [0.29, 0.717) is 0 Å². The van der Waals surface area contributed by atoms with Gasteiger partial charge in [0, 0.05) is 0 Å². The number of thioether (sulfide) groups is 1. The molecule has 1 saturated heterocycles. The fourth-order valence-corrected chi connectivity index (χ4v) is 1.96. The topological polar surface area (TPSA) is 29.0 Å². The number of quaternary nitrogens is 1. The molecule has 2 nitrogen and oxygen atoms in total. The molecule has 2 N–H and O–H groups in total. The molecule has 62 valence electrons. The number of benzene rings is 1. The minimum absolute atomic E-state index is 1.05. The number of aliphatic imine (C=N–C) groups is 1. The average Bonchev–Trinajstić information content (AvgIpc) is 2.59. The second kappa shape index (κ2) is 3.74. The molecule has 2 rings (SSSR count). The lowest BCUT2D eigenvalue weighted by atomic mass is 10.3. The fraction of sp³-hybridized carbons (Fsp3) is 0.222. The summed E-state index contributed by atoms with van der Waals surface area (Å²) in [7, 11) is 0. The van der Waals surface area contributed by atoms with E-state index in [2.05, 4.69) is 10.3 Å². The van der Waals surface area contributed by atoms with Crippen LogP contribution in [0.1, 0.15) is 0 Å². The zero-order chi connectivity index (χ0) is 8.23. The van der Waals surface area contributed by atoms with Crippen LogP contribution in [0.4, 0.5) is 5.69 Å². The van der Waals surface area contributed by atoms with Gasteiger partial charge in [-0.05, 0) is 23.9 Å². The highest BCUT2D eigenvalue weighted by Gasteiger charge is 2.12. The van der Waals surface area contributed by atoms with Gasteiger partial charge in [0.25, 0.3) is 5.17 Å². The first kappa shape index (κ1) is 7.83. The summed E-state index contributed by atoms with van der Waals surface area (Å²) in [4.78, 5) is 4.48. The Labute approximate surface area is 76.1 Å². The second-order valence-electron chi connectivity index (χ2n) is 2.63. The van der Waals surface area contributed by atoms with Crippen LogP contribution in [0.2, 0.25) is 0 Å². The molecule has 0 atom stereocenters. The lowest BCUT2D eigenvalue weighted by Crippen LogP contribution is -2.84. The summed E-state index contributed by atoms with van der Waals surface area (Å²) in [6.45, 7) is 1.16. The van der Waals surface area contributed by atoms with Gasteiger partial charge in [-0.2, -0.15) is 4.99 Å². The van der Waals surface area contributed by atoms with Crippen LogP contribution in [0, 0.1) is 0 Å². The summed E-state index contributed by atoms with van der Waals surface area (Å²) in [6, 6.07) is 10.1. The summed E-state index contributed by atoms with van der Waals surface area (Å²) < 4.78 is 0. The molecular weight excluding hydrogens is 168 g/mol. The van der Waals surface area contributed by atoms with Gasteiger partial charge in [0.2, 0.25) is 0 Å². The van der Waals surface area contributed by atoms with E-state index < -0.39 is 0 Å². The Morgan fingerprint density at radius 1 is 1.25 bits per heavy atom. The van der Waals surface area contributed by atoms with Crippen LogP contribution in [0.25, 0.3) is 0 Å². The van der Waals surface area contributed by atoms with Crippen LogP contribution >= 0.6 is 11.8 Å². The van der Waals surface area contributed by atoms with Gasteiger partial charge >= 0.3 is 0 Å². The molecule has 1 aliphatic heterocycles. The lowest BCUT2D eigenvalue weighted by Gasteiger charge is -1.91. The first-order valence-corrected chi connectivity index (χ1v) is 5.03. The Hall–Kier alpha value is -0.800. The third-order valence-corrected chi connectivity index (χ3v) is 2.68. The number of hydrogen-bond donors (Lipinski definition) is 1. The Balaban J connectivity index is 2.16. The van der Waals surface area contributed by atoms with Crippen molar-refractivity contribution in [3.63, 3.8) is 0 Å². The van der Waals surface area contributed by atoms with Gasteiger partial charge < -0.3 is 0 Å². The molecule has 0 spiro atoms. The maximum atomic E-state index is 4.48. The molecule has 0 aliphatic carbocycles. The van der Waals surface area contributed by atoms with E-state index >= 15 is 0 Å². The van der Waals surface area contributed by atoms with E-state index in [9.17, 15) is 0 Å². The minimum Gasteiger partial charge on any atom is -0.291 e. The van der Waals surface area contributed by atoms with E-state index in [1.54, 1.807) is 0 Å². The molecular formula is C9H11N2S+. The maximum Gasteiger partial charge on any atom is 0.261 e. The third-order valence-electron chi connectivity index (χ3n) is 1.68. The SMILES string of the molecule is c1ccc(N=C2[NH2+]CCS2)cc1. The third kappa shape index (κ3) is 1.87. The first-order valence-electron chi connectivity index (χ1n) is 4.05. The number of nitrogens with two attached hydrogens (primary N) is 1. The van der Waals surface area contributed by atoms with Crippen molar-refractivity contribution in [2.75, 3.05) is 12.3 Å². The average molecular weight is 179 g/mol. The molecule has 1 fully saturated rings. The Bertz CT molecular complexity index is 274. The van der Waals surface area contributed by atoms with Crippen molar-refractivity contribution in [3.05, 3.63) is 30.3 Å². The summed E-state index contributed by atoms with van der Waals surface area (Å²) in [6.07, 6.45) is 0. The number of para-hydroxylation sites is 1. The molecule has 0 amide bonds. The van der Waals surface area contributed by atoms with Crippen molar-refractivity contribution in [2.45, 2.75) is 0 Å². The standard InChI is InChI=1S/C9H10N2S/c1-2-4-8(5-3-1)11-9-10-6-7-12-9/h1-5H,6-7H2,(H,10,11)/p+1. The smallest absolute Gasteiger partial charge is 0.261 e. The van der Waals surface area contributed by atoms with Gasteiger partial charge in [-0.25, -0.2) is 0 Å². The quantitative estimate of drug-likeness (QED) is 0.684. The van der Waals surface area contributed by atoms with Gasteiger partial charge in [-0.15, -0.1) is 0 Å². The number of nitrogens with zero attached hydrogens (tertiary/aromatic N) is 1. The summed E-state index contributed by atoms with van der Waals surface area (Å²) in [5, 5.41) is 3.36. The van der Waals surface area contributed by atoms with Crippen LogP contribution in [0.3, 0.4) is 0 Å². The normalized spacial score (nSPS) is 20.2. The highest BCUT2D eigenvalue weighted by molar-refractivity contribution is 8.13. The van der Waals surface area contributed by atoms with Crippen molar-refractivity contribution in [1.29, 1.82) is 0 Å². The molecule has 0 bridgehead atoms. The minimum atomic E-state index is 1.05. The molecule has 1 heterocycles. The molecule has 0 radical (unpaired) electrons. The Morgan fingerprint density at radius 3 is 2.75 bits per heavy atom. The van der Waals surface area contributed by atoms with Gasteiger partial charge in [0.15, 0.2) is 0 Å². The zero-order valence-electron chi connectivity index (χ0n) is 6.73. The van der Waals surface area contributed by atoms with Crippen LogP contribution in [-0.2, 0) is 0 Å². The molecule has 1 aliphatic rings. The van der Waals surface area contributed by atoms with Crippen molar-refractivity contribution in [1.82, 2.24) is 0 Å². The summed E-state index contributed by atoms with van der Waals surface area (Å²) in [5.74, 6) is 1.19. The highest BCUT2D eigenvalue weighted by atomic mass is 32.2. The molecule has 1 aromatic carbocycles. The number of rotatable bonds is 1. The zero-order valence-corrected chi connectivity index (χ0v) is 7.55. The number of amidine groups is 1. The van der Waals surface area contributed by atoms with Gasteiger partial charge in [0.1, 0.15) is 0 Å².